The molecule has 2 aromatic rings. The zero-order chi connectivity index (χ0) is 17.5. The second-order valence-electron chi connectivity index (χ2n) is 5.27. The third kappa shape index (κ3) is 4.35. The lowest BCUT2D eigenvalue weighted by atomic mass is 10.1. The molecule has 5 nitrogen and oxygen atoms in total. The molecule has 0 saturated heterocycles. The van der Waals surface area contributed by atoms with Gasteiger partial charge in [0.15, 0.2) is 0 Å². The Morgan fingerprint density at radius 2 is 1.79 bits per heavy atom. The summed E-state index contributed by atoms with van der Waals surface area (Å²) in [6.45, 7) is 3.86. The fourth-order valence-electron chi connectivity index (χ4n) is 2.32. The largest absolute Gasteiger partial charge is 0.497 e. The molecule has 0 fully saturated rings. The van der Waals surface area contributed by atoms with E-state index < -0.39 is 0 Å². The van der Waals surface area contributed by atoms with Crippen LogP contribution in [0.25, 0.3) is 0 Å². The molecule has 0 saturated carbocycles. The van der Waals surface area contributed by atoms with Gasteiger partial charge in [0.1, 0.15) is 5.75 Å². The fourth-order valence-corrected chi connectivity index (χ4v) is 2.32. The Morgan fingerprint density at radius 1 is 1.08 bits per heavy atom. The highest BCUT2D eigenvalue weighted by atomic mass is 16.5. The van der Waals surface area contributed by atoms with E-state index >= 15 is 0 Å². The Labute approximate surface area is 141 Å². The molecule has 5 heteroatoms. The van der Waals surface area contributed by atoms with Crippen LogP contribution < -0.4 is 10.1 Å². The van der Waals surface area contributed by atoms with Gasteiger partial charge in [-0.05, 0) is 49.2 Å². The van der Waals surface area contributed by atoms with Gasteiger partial charge in [0.25, 0.3) is 0 Å². The van der Waals surface area contributed by atoms with Crippen LogP contribution in [0.4, 0.5) is 5.69 Å². The minimum Gasteiger partial charge on any atom is -0.497 e. The maximum absolute atomic E-state index is 12.2. The number of esters is 1. The Hall–Kier alpha value is -2.82. The van der Waals surface area contributed by atoms with Crippen LogP contribution in [0, 0.1) is 6.92 Å². The molecule has 0 bridgehead atoms. The van der Waals surface area contributed by atoms with Crippen molar-refractivity contribution < 1.29 is 19.1 Å². The van der Waals surface area contributed by atoms with E-state index in [-0.39, 0.29) is 18.3 Å². The van der Waals surface area contributed by atoms with Crippen LogP contribution in [0.2, 0.25) is 0 Å². The third-order valence-corrected chi connectivity index (χ3v) is 3.63. The van der Waals surface area contributed by atoms with Crippen LogP contribution in [0.15, 0.2) is 42.5 Å². The van der Waals surface area contributed by atoms with Gasteiger partial charge in [-0.2, -0.15) is 0 Å². The zero-order valence-corrected chi connectivity index (χ0v) is 14.1. The second kappa shape index (κ2) is 8.15. The minimum absolute atomic E-state index is 0.149. The number of nitrogens with one attached hydrogen (secondary N) is 1. The van der Waals surface area contributed by atoms with E-state index in [9.17, 15) is 9.59 Å². The molecule has 24 heavy (non-hydrogen) atoms. The lowest BCUT2D eigenvalue weighted by molar-refractivity contribution is -0.115. The SMILES string of the molecule is CCOC(=O)c1cccc(NC(=O)Cc2ccc(OC)cc2)c1C. The van der Waals surface area contributed by atoms with Gasteiger partial charge in [-0.1, -0.05) is 18.2 Å². The van der Waals surface area contributed by atoms with E-state index in [1.165, 1.54) is 0 Å². The molecule has 2 aromatic carbocycles. The Kier molecular flexibility index (Phi) is 5.95. The average molecular weight is 327 g/mol. The Bertz CT molecular complexity index is 723. The third-order valence-electron chi connectivity index (χ3n) is 3.63. The molecule has 0 aromatic heterocycles. The highest BCUT2D eigenvalue weighted by Crippen LogP contribution is 2.20. The second-order valence-corrected chi connectivity index (χ2v) is 5.27. The van der Waals surface area contributed by atoms with Gasteiger partial charge in [-0.15, -0.1) is 0 Å². The molecule has 1 amide bonds. The van der Waals surface area contributed by atoms with Gasteiger partial charge in [-0.3, -0.25) is 4.79 Å². The van der Waals surface area contributed by atoms with Crippen LogP contribution in [0.5, 0.6) is 5.75 Å². The predicted octanol–water partition coefficient (Wildman–Crippen LogP) is 3.36. The summed E-state index contributed by atoms with van der Waals surface area (Å²) in [7, 11) is 1.60. The maximum Gasteiger partial charge on any atom is 0.338 e. The van der Waals surface area contributed by atoms with Gasteiger partial charge in [0, 0.05) is 5.69 Å². The van der Waals surface area contributed by atoms with Crippen LogP contribution >= 0.6 is 0 Å². The van der Waals surface area contributed by atoms with Gasteiger partial charge in [0.05, 0.1) is 25.7 Å². The molecule has 0 spiro atoms. The molecule has 1 N–H and O–H groups in total. The average Bonchev–Trinajstić information content (AvgIpc) is 2.57. The lowest BCUT2D eigenvalue weighted by Crippen LogP contribution is -2.16. The summed E-state index contributed by atoms with van der Waals surface area (Å²) in [5.74, 6) is 0.211. The standard InChI is InChI=1S/C19H21NO4/c1-4-24-19(22)16-6-5-7-17(13(16)2)20-18(21)12-14-8-10-15(23-3)11-9-14/h5-11H,4,12H2,1-3H3,(H,20,21). The maximum atomic E-state index is 12.2. The highest BCUT2D eigenvalue weighted by Gasteiger charge is 2.14. The number of hydrogen-bond acceptors (Lipinski definition) is 4. The Morgan fingerprint density at radius 3 is 2.42 bits per heavy atom. The van der Waals surface area contributed by atoms with Gasteiger partial charge >= 0.3 is 5.97 Å². The van der Waals surface area contributed by atoms with Crippen molar-refractivity contribution in [3.63, 3.8) is 0 Å². The predicted molar refractivity (Wildman–Crippen MR) is 92.5 cm³/mol. The smallest absolute Gasteiger partial charge is 0.338 e. The molecule has 0 aliphatic rings. The van der Waals surface area contributed by atoms with Crippen LogP contribution in [-0.2, 0) is 16.0 Å². The van der Waals surface area contributed by atoms with Crippen molar-refractivity contribution in [3.05, 3.63) is 59.2 Å². The van der Waals surface area contributed by atoms with Crippen molar-refractivity contribution in [2.75, 3.05) is 19.0 Å². The Balaban J connectivity index is 2.08. The topological polar surface area (TPSA) is 64.6 Å². The van der Waals surface area contributed by atoms with Crippen molar-refractivity contribution in [1.29, 1.82) is 0 Å². The zero-order valence-electron chi connectivity index (χ0n) is 14.1. The number of ether oxygens (including phenoxy) is 2. The number of anilines is 1. The van der Waals surface area contributed by atoms with Crippen molar-refractivity contribution in [1.82, 2.24) is 0 Å². The van der Waals surface area contributed by atoms with Crippen LogP contribution in [-0.4, -0.2) is 25.6 Å². The molecule has 0 aliphatic heterocycles. The molecule has 0 radical (unpaired) electrons. The summed E-state index contributed by atoms with van der Waals surface area (Å²) >= 11 is 0. The van der Waals surface area contributed by atoms with Crippen molar-refractivity contribution in [2.24, 2.45) is 0 Å². The molecule has 126 valence electrons. The first kappa shape index (κ1) is 17.5. The molecule has 0 atom stereocenters. The van der Waals surface area contributed by atoms with E-state index in [1.54, 1.807) is 39.2 Å². The van der Waals surface area contributed by atoms with Crippen LogP contribution in [0.3, 0.4) is 0 Å². The van der Waals surface area contributed by atoms with E-state index in [1.807, 2.05) is 24.3 Å². The lowest BCUT2D eigenvalue weighted by Gasteiger charge is -2.12. The minimum atomic E-state index is -0.388. The molecular weight excluding hydrogens is 306 g/mol. The summed E-state index contributed by atoms with van der Waals surface area (Å²) in [4.78, 5) is 24.1. The van der Waals surface area contributed by atoms with Gasteiger partial charge in [-0.25, -0.2) is 4.79 Å². The number of amides is 1. The van der Waals surface area contributed by atoms with Gasteiger partial charge < -0.3 is 14.8 Å². The van der Waals surface area contributed by atoms with E-state index in [0.717, 1.165) is 11.3 Å². The normalized spacial score (nSPS) is 10.1. The van der Waals surface area contributed by atoms with Crippen LogP contribution in [0.1, 0.15) is 28.4 Å². The van der Waals surface area contributed by atoms with Crippen molar-refractivity contribution in [2.45, 2.75) is 20.3 Å². The monoisotopic (exact) mass is 327 g/mol. The van der Waals surface area contributed by atoms with Gasteiger partial charge in [0.2, 0.25) is 5.91 Å². The number of carbonyl (C=O) groups is 2. The number of rotatable bonds is 6. The summed E-state index contributed by atoms with van der Waals surface area (Å²) in [6, 6.07) is 12.5. The number of carbonyl (C=O) groups excluding carboxylic acids is 2. The molecular formula is C19H21NO4. The summed E-state index contributed by atoms with van der Waals surface area (Å²) in [6.07, 6.45) is 0.243. The first-order valence-corrected chi connectivity index (χ1v) is 7.74. The molecule has 2 rings (SSSR count). The quantitative estimate of drug-likeness (QED) is 0.826. The van der Waals surface area contributed by atoms with E-state index in [4.69, 9.17) is 9.47 Å². The summed E-state index contributed by atoms with van der Waals surface area (Å²) in [5, 5.41) is 2.85. The summed E-state index contributed by atoms with van der Waals surface area (Å²) < 4.78 is 10.1. The summed E-state index contributed by atoms with van der Waals surface area (Å²) in [5.41, 5.74) is 2.64. The van der Waals surface area contributed by atoms with Crippen molar-refractivity contribution in [3.8, 4) is 5.75 Å². The highest BCUT2D eigenvalue weighted by molar-refractivity contribution is 5.97. The fraction of sp³-hybridized carbons (Fsp3) is 0.263. The van der Waals surface area contributed by atoms with E-state index in [0.29, 0.717) is 23.4 Å². The molecule has 0 heterocycles. The number of methoxy groups -OCH3 is 1. The first-order chi connectivity index (χ1) is 11.5. The number of benzene rings is 2. The molecule has 0 aliphatic carbocycles. The van der Waals surface area contributed by atoms with Crippen molar-refractivity contribution >= 4 is 17.6 Å². The molecule has 0 unspecified atom stereocenters. The number of hydrogen-bond donors (Lipinski definition) is 1. The van der Waals surface area contributed by atoms with E-state index in [2.05, 4.69) is 5.32 Å². The first-order valence-electron chi connectivity index (χ1n) is 7.74.